The molecular weight excluding hydrogens is 336 g/mol. The first-order chi connectivity index (χ1) is 12.0. The molecule has 0 bridgehead atoms. The quantitative estimate of drug-likeness (QED) is 0.747. The predicted octanol–water partition coefficient (Wildman–Crippen LogP) is 4.52. The molecule has 0 aliphatic carbocycles. The van der Waals surface area contributed by atoms with Crippen molar-refractivity contribution in [1.29, 1.82) is 0 Å². The van der Waals surface area contributed by atoms with Gasteiger partial charge in [0.2, 0.25) is 5.91 Å². The van der Waals surface area contributed by atoms with Gasteiger partial charge in [-0.05, 0) is 49.2 Å². The second-order valence-corrected chi connectivity index (χ2v) is 6.14. The summed E-state index contributed by atoms with van der Waals surface area (Å²) in [4.78, 5) is 24.5. The van der Waals surface area contributed by atoms with Gasteiger partial charge in [0.05, 0.1) is 11.3 Å². The zero-order chi connectivity index (χ0) is 18.2. The molecule has 0 saturated heterocycles. The van der Waals surface area contributed by atoms with E-state index in [4.69, 9.17) is 11.6 Å². The summed E-state index contributed by atoms with van der Waals surface area (Å²) in [7, 11) is 0. The lowest BCUT2D eigenvalue weighted by atomic mass is 10.1. The number of anilines is 1. The fourth-order valence-corrected chi connectivity index (χ4v) is 2.24. The third kappa shape index (κ3) is 5.76. The number of rotatable bonds is 6. The summed E-state index contributed by atoms with van der Waals surface area (Å²) < 4.78 is 0. The van der Waals surface area contributed by atoms with Crippen molar-refractivity contribution in [3.63, 3.8) is 0 Å². The summed E-state index contributed by atoms with van der Waals surface area (Å²) in [5, 5.41) is 6.30. The van der Waals surface area contributed by atoms with Crippen LogP contribution >= 0.6 is 11.6 Å². The molecule has 2 rings (SSSR count). The molecule has 0 fully saturated rings. The van der Waals surface area contributed by atoms with Crippen LogP contribution in [0.4, 0.5) is 5.69 Å². The first kappa shape index (κ1) is 18.7. The van der Waals surface area contributed by atoms with Gasteiger partial charge in [0.25, 0.3) is 5.91 Å². The number of halogens is 1. The van der Waals surface area contributed by atoms with Crippen molar-refractivity contribution in [3.8, 4) is 0 Å². The zero-order valence-electron chi connectivity index (χ0n) is 14.3. The SMILES string of the molecule is CC[C@@H](C)NC(=O)c1ccccc1NC(=O)/C=C/c1ccc(Cl)cc1. The number of carbonyl (C=O) groups is 2. The molecule has 0 unspecified atom stereocenters. The van der Waals surface area contributed by atoms with Gasteiger partial charge in [-0.15, -0.1) is 0 Å². The minimum Gasteiger partial charge on any atom is -0.350 e. The largest absolute Gasteiger partial charge is 0.350 e. The second-order valence-electron chi connectivity index (χ2n) is 5.70. The average Bonchev–Trinajstić information content (AvgIpc) is 2.61. The molecule has 0 saturated carbocycles. The molecule has 2 aromatic rings. The second kappa shape index (κ2) is 9.04. The van der Waals surface area contributed by atoms with E-state index in [9.17, 15) is 9.59 Å². The number of benzene rings is 2. The molecule has 2 amide bonds. The molecule has 2 N–H and O–H groups in total. The van der Waals surface area contributed by atoms with Crippen LogP contribution in [0.5, 0.6) is 0 Å². The van der Waals surface area contributed by atoms with Crippen molar-refractivity contribution < 1.29 is 9.59 Å². The number of amides is 2. The molecule has 0 spiro atoms. The van der Waals surface area contributed by atoms with Crippen LogP contribution in [-0.2, 0) is 4.79 Å². The highest BCUT2D eigenvalue weighted by atomic mass is 35.5. The van der Waals surface area contributed by atoms with E-state index in [0.29, 0.717) is 16.3 Å². The molecule has 5 heteroatoms. The standard InChI is InChI=1S/C20H21ClN2O2/c1-3-14(2)22-20(25)17-6-4-5-7-18(17)23-19(24)13-10-15-8-11-16(21)12-9-15/h4-14H,3H2,1-2H3,(H,22,25)(H,23,24)/b13-10+/t14-/m1/s1. The topological polar surface area (TPSA) is 58.2 Å². The molecule has 0 aliphatic heterocycles. The maximum atomic E-state index is 12.3. The Bertz CT molecular complexity index is 770. The number of nitrogens with one attached hydrogen (secondary N) is 2. The molecule has 0 radical (unpaired) electrons. The minimum absolute atomic E-state index is 0.0704. The first-order valence-electron chi connectivity index (χ1n) is 8.14. The van der Waals surface area contributed by atoms with Crippen LogP contribution in [-0.4, -0.2) is 17.9 Å². The van der Waals surface area contributed by atoms with E-state index in [2.05, 4.69) is 10.6 Å². The molecule has 4 nitrogen and oxygen atoms in total. The van der Waals surface area contributed by atoms with Crippen LogP contribution in [0.15, 0.2) is 54.6 Å². The fourth-order valence-electron chi connectivity index (χ4n) is 2.11. The van der Waals surface area contributed by atoms with Gasteiger partial charge in [0.15, 0.2) is 0 Å². The number of hydrogen-bond acceptors (Lipinski definition) is 2. The van der Waals surface area contributed by atoms with Gasteiger partial charge in [-0.2, -0.15) is 0 Å². The van der Waals surface area contributed by atoms with Crippen LogP contribution in [0.25, 0.3) is 6.08 Å². The normalized spacial score (nSPS) is 12.0. The predicted molar refractivity (Wildman–Crippen MR) is 103 cm³/mol. The van der Waals surface area contributed by atoms with Gasteiger partial charge < -0.3 is 10.6 Å². The number of para-hydroxylation sites is 1. The summed E-state index contributed by atoms with van der Waals surface area (Å²) in [5.41, 5.74) is 1.78. The van der Waals surface area contributed by atoms with E-state index in [1.807, 2.05) is 26.0 Å². The van der Waals surface area contributed by atoms with Crippen molar-refractivity contribution in [2.75, 3.05) is 5.32 Å². The lowest BCUT2D eigenvalue weighted by molar-refractivity contribution is -0.111. The molecular formula is C20H21ClN2O2. The van der Waals surface area contributed by atoms with Gasteiger partial charge in [-0.25, -0.2) is 0 Å². The Morgan fingerprint density at radius 3 is 2.48 bits per heavy atom. The van der Waals surface area contributed by atoms with E-state index < -0.39 is 0 Å². The van der Waals surface area contributed by atoms with Crippen molar-refractivity contribution in [1.82, 2.24) is 5.32 Å². The van der Waals surface area contributed by atoms with Gasteiger partial charge in [-0.3, -0.25) is 9.59 Å². The summed E-state index contributed by atoms with van der Waals surface area (Å²) >= 11 is 5.83. The molecule has 0 heterocycles. The Kier molecular flexibility index (Phi) is 6.78. The average molecular weight is 357 g/mol. The van der Waals surface area contributed by atoms with Crippen LogP contribution in [0.2, 0.25) is 5.02 Å². The van der Waals surface area contributed by atoms with Gasteiger partial charge in [0.1, 0.15) is 0 Å². The molecule has 0 aliphatic rings. The fraction of sp³-hybridized carbons (Fsp3) is 0.200. The molecule has 130 valence electrons. The van der Waals surface area contributed by atoms with Crippen LogP contribution in [0, 0.1) is 0 Å². The van der Waals surface area contributed by atoms with E-state index in [1.165, 1.54) is 6.08 Å². The van der Waals surface area contributed by atoms with Crippen molar-refractivity contribution in [2.24, 2.45) is 0 Å². The highest BCUT2D eigenvalue weighted by Crippen LogP contribution is 2.16. The Morgan fingerprint density at radius 2 is 1.80 bits per heavy atom. The van der Waals surface area contributed by atoms with E-state index in [1.54, 1.807) is 42.5 Å². The van der Waals surface area contributed by atoms with Gasteiger partial charge in [0, 0.05) is 17.1 Å². The van der Waals surface area contributed by atoms with Crippen molar-refractivity contribution in [2.45, 2.75) is 26.3 Å². The monoisotopic (exact) mass is 356 g/mol. The third-order valence-corrected chi connectivity index (χ3v) is 3.97. The van der Waals surface area contributed by atoms with E-state index in [0.717, 1.165) is 12.0 Å². The first-order valence-corrected chi connectivity index (χ1v) is 8.52. The molecule has 25 heavy (non-hydrogen) atoms. The Balaban J connectivity index is 2.08. The Labute approximate surface area is 152 Å². The summed E-state index contributed by atoms with van der Waals surface area (Å²) in [5.74, 6) is -0.509. The minimum atomic E-state index is -0.307. The van der Waals surface area contributed by atoms with Crippen molar-refractivity contribution in [3.05, 3.63) is 70.8 Å². The van der Waals surface area contributed by atoms with Crippen LogP contribution in [0.1, 0.15) is 36.2 Å². The zero-order valence-corrected chi connectivity index (χ0v) is 15.0. The lowest BCUT2D eigenvalue weighted by Crippen LogP contribution is -2.32. The van der Waals surface area contributed by atoms with Crippen LogP contribution < -0.4 is 10.6 Å². The highest BCUT2D eigenvalue weighted by molar-refractivity contribution is 6.30. The number of carbonyl (C=O) groups excluding carboxylic acids is 2. The summed E-state index contributed by atoms with van der Waals surface area (Å²) in [6, 6.07) is 14.2. The maximum absolute atomic E-state index is 12.3. The highest BCUT2D eigenvalue weighted by Gasteiger charge is 2.13. The lowest BCUT2D eigenvalue weighted by Gasteiger charge is -2.14. The summed E-state index contributed by atoms with van der Waals surface area (Å²) in [6.07, 6.45) is 3.95. The van der Waals surface area contributed by atoms with Gasteiger partial charge >= 0.3 is 0 Å². The number of hydrogen-bond donors (Lipinski definition) is 2. The van der Waals surface area contributed by atoms with Gasteiger partial charge in [-0.1, -0.05) is 42.8 Å². The molecule has 0 aromatic heterocycles. The molecule has 2 aromatic carbocycles. The Morgan fingerprint density at radius 1 is 1.12 bits per heavy atom. The van der Waals surface area contributed by atoms with Crippen LogP contribution in [0.3, 0.4) is 0 Å². The maximum Gasteiger partial charge on any atom is 0.253 e. The van der Waals surface area contributed by atoms with E-state index >= 15 is 0 Å². The van der Waals surface area contributed by atoms with E-state index in [-0.39, 0.29) is 17.9 Å². The Hall–Kier alpha value is -2.59. The van der Waals surface area contributed by atoms with Crippen molar-refractivity contribution >= 4 is 35.2 Å². The third-order valence-electron chi connectivity index (χ3n) is 3.72. The smallest absolute Gasteiger partial charge is 0.253 e. The summed E-state index contributed by atoms with van der Waals surface area (Å²) in [6.45, 7) is 3.94. The molecule has 1 atom stereocenters.